The number of hydrogen-bond acceptors (Lipinski definition) is 5. The Balaban J connectivity index is 1.81. The molecule has 0 aliphatic rings. The number of nitrogens with zero attached hydrogens (tertiary/aromatic N) is 3. The van der Waals surface area contributed by atoms with Gasteiger partial charge in [0.15, 0.2) is 5.65 Å². The number of nitrogens with one attached hydrogen (secondary N) is 1. The van der Waals surface area contributed by atoms with E-state index in [2.05, 4.69) is 15.4 Å². The van der Waals surface area contributed by atoms with Gasteiger partial charge in [-0.25, -0.2) is 14.1 Å². The van der Waals surface area contributed by atoms with Gasteiger partial charge in [0.25, 0.3) is 5.91 Å². The number of ether oxygens (including phenoxy) is 2. The van der Waals surface area contributed by atoms with E-state index in [0.29, 0.717) is 50.9 Å². The highest BCUT2D eigenvalue weighted by Gasteiger charge is 2.21. The second kappa shape index (κ2) is 8.06. The molecule has 0 unspecified atom stereocenters. The Hall–Kier alpha value is -3.94. The lowest BCUT2D eigenvalue weighted by atomic mass is 10.1. The van der Waals surface area contributed by atoms with Crippen molar-refractivity contribution in [2.45, 2.75) is 13.8 Å². The molecule has 0 saturated carbocycles. The fourth-order valence-electron chi connectivity index (χ4n) is 3.46. The van der Waals surface area contributed by atoms with Crippen LogP contribution < -0.4 is 14.8 Å². The molecule has 0 bridgehead atoms. The number of rotatable bonds is 5. The SMILES string of the molecule is COc1ccc(OC)c(NC(=O)c2cc(C)nc3c2c(C)nn3-c2ccc(F)cc2)c1. The first-order valence-electron chi connectivity index (χ1n) is 9.57. The van der Waals surface area contributed by atoms with E-state index in [1.165, 1.54) is 19.2 Å². The summed E-state index contributed by atoms with van der Waals surface area (Å²) >= 11 is 0. The van der Waals surface area contributed by atoms with Crippen LogP contribution in [0.4, 0.5) is 10.1 Å². The van der Waals surface area contributed by atoms with Crippen LogP contribution in [0.15, 0.2) is 48.5 Å². The standard InChI is InChI=1S/C23H21FN4O3/c1-13-11-18(23(29)26-19-12-17(30-3)9-10-20(19)31-4)21-14(2)27-28(22(21)25-13)16-7-5-15(24)6-8-16/h5-12H,1-4H3,(H,26,29). The molecular formula is C23H21FN4O3. The molecule has 2 aromatic carbocycles. The third kappa shape index (κ3) is 3.79. The molecule has 0 radical (unpaired) electrons. The van der Waals surface area contributed by atoms with E-state index in [1.54, 1.807) is 55.1 Å². The summed E-state index contributed by atoms with van der Waals surface area (Å²) in [4.78, 5) is 17.9. The number of amides is 1. The lowest BCUT2D eigenvalue weighted by Crippen LogP contribution is -2.14. The minimum Gasteiger partial charge on any atom is -0.497 e. The van der Waals surface area contributed by atoms with Crippen molar-refractivity contribution in [3.05, 3.63) is 71.3 Å². The van der Waals surface area contributed by atoms with E-state index in [0.717, 1.165) is 0 Å². The average Bonchev–Trinajstić information content (AvgIpc) is 3.09. The van der Waals surface area contributed by atoms with Gasteiger partial charge in [0.05, 0.1) is 42.2 Å². The van der Waals surface area contributed by atoms with Crippen LogP contribution in [0, 0.1) is 19.7 Å². The smallest absolute Gasteiger partial charge is 0.256 e. The minimum atomic E-state index is -0.339. The van der Waals surface area contributed by atoms with Crippen LogP contribution in [0.5, 0.6) is 11.5 Å². The monoisotopic (exact) mass is 420 g/mol. The van der Waals surface area contributed by atoms with Crippen LogP contribution in [0.2, 0.25) is 0 Å². The fourth-order valence-corrected chi connectivity index (χ4v) is 3.46. The Morgan fingerprint density at radius 3 is 2.45 bits per heavy atom. The fraction of sp³-hybridized carbons (Fsp3) is 0.174. The van der Waals surface area contributed by atoms with Crippen LogP contribution >= 0.6 is 0 Å². The summed E-state index contributed by atoms with van der Waals surface area (Å²) in [5.74, 6) is 0.430. The molecule has 1 N–H and O–H groups in total. The molecule has 0 aliphatic heterocycles. The highest BCUT2D eigenvalue weighted by Crippen LogP contribution is 2.31. The van der Waals surface area contributed by atoms with Gasteiger partial charge < -0.3 is 14.8 Å². The molecular weight excluding hydrogens is 399 g/mol. The van der Waals surface area contributed by atoms with E-state index in [-0.39, 0.29) is 11.7 Å². The minimum absolute atomic E-state index is 0.330. The van der Waals surface area contributed by atoms with Gasteiger partial charge >= 0.3 is 0 Å². The van der Waals surface area contributed by atoms with Crippen molar-refractivity contribution in [2.75, 3.05) is 19.5 Å². The van der Waals surface area contributed by atoms with E-state index in [4.69, 9.17) is 9.47 Å². The van der Waals surface area contributed by atoms with Crippen molar-refractivity contribution in [2.24, 2.45) is 0 Å². The van der Waals surface area contributed by atoms with Crippen LogP contribution in [-0.4, -0.2) is 34.9 Å². The van der Waals surface area contributed by atoms with Gasteiger partial charge in [0.1, 0.15) is 17.3 Å². The average molecular weight is 420 g/mol. The van der Waals surface area contributed by atoms with Crippen LogP contribution in [0.3, 0.4) is 0 Å². The van der Waals surface area contributed by atoms with Crippen molar-refractivity contribution in [1.29, 1.82) is 0 Å². The predicted octanol–water partition coefficient (Wildman–Crippen LogP) is 4.45. The normalized spacial score (nSPS) is 10.9. The largest absolute Gasteiger partial charge is 0.497 e. The first kappa shape index (κ1) is 20.3. The van der Waals surface area contributed by atoms with Gasteiger partial charge in [-0.3, -0.25) is 4.79 Å². The highest BCUT2D eigenvalue weighted by molar-refractivity contribution is 6.13. The summed E-state index contributed by atoms with van der Waals surface area (Å²) in [7, 11) is 3.08. The number of carbonyl (C=O) groups excluding carboxylic acids is 1. The number of anilines is 1. The van der Waals surface area contributed by atoms with Crippen molar-refractivity contribution >= 4 is 22.6 Å². The van der Waals surface area contributed by atoms with Crippen molar-refractivity contribution in [3.8, 4) is 17.2 Å². The number of aryl methyl sites for hydroxylation is 2. The van der Waals surface area contributed by atoms with Crippen LogP contribution in [-0.2, 0) is 0 Å². The molecule has 0 saturated heterocycles. The molecule has 1 amide bonds. The van der Waals surface area contributed by atoms with Gasteiger partial charge in [0.2, 0.25) is 0 Å². The van der Waals surface area contributed by atoms with Crippen molar-refractivity contribution in [1.82, 2.24) is 14.8 Å². The van der Waals surface area contributed by atoms with Gasteiger partial charge in [-0.15, -0.1) is 0 Å². The Labute approximate surface area is 178 Å². The van der Waals surface area contributed by atoms with E-state index >= 15 is 0 Å². The molecule has 0 aliphatic carbocycles. The van der Waals surface area contributed by atoms with Crippen LogP contribution in [0.25, 0.3) is 16.7 Å². The Morgan fingerprint density at radius 2 is 1.77 bits per heavy atom. The molecule has 2 aromatic heterocycles. The third-order valence-corrected chi connectivity index (χ3v) is 4.91. The molecule has 2 heterocycles. The highest BCUT2D eigenvalue weighted by atomic mass is 19.1. The molecule has 0 fully saturated rings. The zero-order valence-corrected chi connectivity index (χ0v) is 17.6. The zero-order chi connectivity index (χ0) is 22.1. The first-order valence-corrected chi connectivity index (χ1v) is 9.57. The summed E-state index contributed by atoms with van der Waals surface area (Å²) in [6.07, 6.45) is 0. The number of aromatic nitrogens is 3. The number of hydrogen-bond donors (Lipinski definition) is 1. The molecule has 0 atom stereocenters. The number of halogens is 1. The van der Waals surface area contributed by atoms with Crippen molar-refractivity contribution < 1.29 is 18.7 Å². The number of methoxy groups -OCH3 is 2. The van der Waals surface area contributed by atoms with Crippen LogP contribution in [0.1, 0.15) is 21.7 Å². The maximum absolute atomic E-state index is 13.4. The maximum Gasteiger partial charge on any atom is 0.256 e. The Bertz CT molecular complexity index is 1280. The number of carbonyl (C=O) groups is 1. The maximum atomic E-state index is 13.4. The number of pyridine rings is 1. The molecule has 4 rings (SSSR count). The molecule has 7 nitrogen and oxygen atoms in total. The Kier molecular flexibility index (Phi) is 5.29. The van der Waals surface area contributed by atoms with Gasteiger partial charge in [-0.1, -0.05) is 0 Å². The predicted molar refractivity (Wildman–Crippen MR) is 116 cm³/mol. The van der Waals surface area contributed by atoms with Crippen molar-refractivity contribution in [3.63, 3.8) is 0 Å². The number of fused-ring (bicyclic) bond motifs is 1. The summed E-state index contributed by atoms with van der Waals surface area (Å²) in [6.45, 7) is 3.61. The molecule has 8 heteroatoms. The zero-order valence-electron chi connectivity index (χ0n) is 17.6. The summed E-state index contributed by atoms with van der Waals surface area (Å²) < 4.78 is 25.6. The van der Waals surface area contributed by atoms with Gasteiger partial charge in [-0.2, -0.15) is 5.10 Å². The van der Waals surface area contributed by atoms with E-state index in [9.17, 15) is 9.18 Å². The van der Waals surface area contributed by atoms with Gasteiger partial charge in [-0.05, 0) is 56.3 Å². The molecule has 31 heavy (non-hydrogen) atoms. The Morgan fingerprint density at radius 1 is 1.03 bits per heavy atom. The second-order valence-corrected chi connectivity index (χ2v) is 7.00. The molecule has 0 spiro atoms. The summed E-state index contributed by atoms with van der Waals surface area (Å²) in [6, 6.07) is 12.8. The topological polar surface area (TPSA) is 78.3 Å². The lowest BCUT2D eigenvalue weighted by molar-refractivity contribution is 0.102. The van der Waals surface area contributed by atoms with E-state index in [1.807, 2.05) is 6.92 Å². The second-order valence-electron chi connectivity index (χ2n) is 7.00. The number of benzene rings is 2. The lowest BCUT2D eigenvalue weighted by Gasteiger charge is -2.13. The van der Waals surface area contributed by atoms with E-state index < -0.39 is 0 Å². The first-order chi connectivity index (χ1) is 14.9. The molecule has 4 aromatic rings. The third-order valence-electron chi connectivity index (χ3n) is 4.91. The quantitative estimate of drug-likeness (QED) is 0.516. The van der Waals surface area contributed by atoms with Gasteiger partial charge in [0, 0.05) is 11.8 Å². The summed E-state index contributed by atoms with van der Waals surface area (Å²) in [5, 5.41) is 8.07. The summed E-state index contributed by atoms with van der Waals surface area (Å²) in [5.41, 5.74) is 3.37. The molecule has 158 valence electrons.